The molecule has 3 N–H and O–H groups in total. The number of phenols is 2. The number of hydrogen-bond donors (Lipinski definition) is 3. The highest BCUT2D eigenvalue weighted by Crippen LogP contribution is 2.32. The molecular weight excluding hydrogens is 184 g/mol. The molecule has 0 aliphatic carbocycles. The second-order valence-corrected chi connectivity index (χ2v) is 3.06. The number of phenolic OH excluding ortho intramolecular Hbond substituents is 1. The number of carboxylic acids is 1. The quantitative estimate of drug-likeness (QED) is 0.672. The third-order valence-corrected chi connectivity index (χ3v) is 2.20. The molecule has 0 aliphatic rings. The zero-order valence-electron chi connectivity index (χ0n) is 8.03. The lowest BCUT2D eigenvalue weighted by atomic mass is 10.00. The molecule has 1 aromatic carbocycles. The Morgan fingerprint density at radius 1 is 1.43 bits per heavy atom. The number of hydrogen-bond acceptors (Lipinski definition) is 3. The highest BCUT2D eigenvalue weighted by Gasteiger charge is 2.18. The molecule has 1 aromatic rings. The van der Waals surface area contributed by atoms with Crippen LogP contribution in [0.5, 0.6) is 11.5 Å². The molecule has 4 heteroatoms. The molecule has 0 aromatic heterocycles. The van der Waals surface area contributed by atoms with E-state index >= 15 is 0 Å². The van der Waals surface area contributed by atoms with Gasteiger partial charge in [-0.2, -0.15) is 0 Å². The Kier molecular flexibility index (Phi) is 2.65. The van der Waals surface area contributed by atoms with E-state index in [-0.39, 0.29) is 22.6 Å². The van der Waals surface area contributed by atoms with Crippen LogP contribution in [-0.4, -0.2) is 21.3 Å². The Hall–Kier alpha value is -1.71. The molecule has 76 valence electrons. The average Bonchev–Trinajstić information content (AvgIpc) is 2.12. The average molecular weight is 196 g/mol. The van der Waals surface area contributed by atoms with Crippen LogP contribution in [0.25, 0.3) is 0 Å². The summed E-state index contributed by atoms with van der Waals surface area (Å²) in [5.41, 5.74) is 0.500. The Morgan fingerprint density at radius 2 is 2.00 bits per heavy atom. The summed E-state index contributed by atoms with van der Waals surface area (Å²) < 4.78 is 0. The molecule has 0 heterocycles. The van der Waals surface area contributed by atoms with Gasteiger partial charge in [0.2, 0.25) is 0 Å². The van der Waals surface area contributed by atoms with E-state index in [2.05, 4.69) is 0 Å². The zero-order valence-corrected chi connectivity index (χ0v) is 8.03. The van der Waals surface area contributed by atoms with Crippen LogP contribution in [0.2, 0.25) is 0 Å². The Balaban J connectivity index is 3.53. The van der Waals surface area contributed by atoms with Crippen molar-refractivity contribution in [2.24, 2.45) is 0 Å². The maximum absolute atomic E-state index is 10.8. The molecule has 0 radical (unpaired) electrons. The number of carboxylic acid groups (broad SMARTS) is 1. The van der Waals surface area contributed by atoms with Crippen molar-refractivity contribution in [3.8, 4) is 11.5 Å². The van der Waals surface area contributed by atoms with E-state index in [0.717, 1.165) is 0 Å². The second-order valence-electron chi connectivity index (χ2n) is 3.06. The van der Waals surface area contributed by atoms with Gasteiger partial charge in [-0.1, -0.05) is 6.92 Å². The minimum absolute atomic E-state index is 0.0793. The maximum Gasteiger partial charge on any atom is 0.339 e. The van der Waals surface area contributed by atoms with Crippen LogP contribution < -0.4 is 0 Å². The first-order valence-electron chi connectivity index (χ1n) is 4.26. The van der Waals surface area contributed by atoms with Crippen LogP contribution in [0.15, 0.2) is 6.07 Å². The number of aromatic carboxylic acids is 1. The summed E-state index contributed by atoms with van der Waals surface area (Å²) in [7, 11) is 0. The van der Waals surface area contributed by atoms with E-state index < -0.39 is 5.97 Å². The fraction of sp³-hybridized carbons (Fsp3) is 0.300. The lowest BCUT2D eigenvalue weighted by Crippen LogP contribution is -2.03. The van der Waals surface area contributed by atoms with Crippen molar-refractivity contribution in [2.75, 3.05) is 0 Å². The smallest absolute Gasteiger partial charge is 0.339 e. The van der Waals surface area contributed by atoms with Gasteiger partial charge < -0.3 is 15.3 Å². The standard InChI is InChI=1S/C10H12O4/c1-3-6-4-7(11)5(2)9(12)8(6)10(13)14/h4,11-12H,3H2,1-2H3,(H,13,14). The topological polar surface area (TPSA) is 77.8 Å². The van der Waals surface area contributed by atoms with Crippen molar-refractivity contribution in [1.82, 2.24) is 0 Å². The number of aromatic hydroxyl groups is 2. The van der Waals surface area contributed by atoms with Crippen molar-refractivity contribution in [3.63, 3.8) is 0 Å². The Morgan fingerprint density at radius 3 is 2.43 bits per heavy atom. The predicted molar refractivity (Wildman–Crippen MR) is 50.8 cm³/mol. The summed E-state index contributed by atoms with van der Waals surface area (Å²) in [5.74, 6) is -1.61. The van der Waals surface area contributed by atoms with E-state index in [1.165, 1.54) is 13.0 Å². The molecule has 0 amide bonds. The Bertz CT molecular complexity index is 382. The summed E-state index contributed by atoms with van der Waals surface area (Å²) in [6.45, 7) is 3.23. The van der Waals surface area contributed by atoms with Gasteiger partial charge in [-0.25, -0.2) is 4.79 Å². The summed E-state index contributed by atoms with van der Waals surface area (Å²) in [6.07, 6.45) is 0.447. The largest absolute Gasteiger partial charge is 0.508 e. The number of carbonyl (C=O) groups is 1. The number of aryl methyl sites for hydroxylation is 1. The third-order valence-electron chi connectivity index (χ3n) is 2.20. The molecule has 0 saturated carbocycles. The molecule has 0 bridgehead atoms. The molecule has 0 spiro atoms. The van der Waals surface area contributed by atoms with Gasteiger partial charge in [0.1, 0.15) is 17.1 Å². The number of benzene rings is 1. The monoisotopic (exact) mass is 196 g/mol. The summed E-state index contributed by atoms with van der Waals surface area (Å²) in [6, 6.07) is 1.37. The van der Waals surface area contributed by atoms with Crippen molar-refractivity contribution in [1.29, 1.82) is 0 Å². The zero-order chi connectivity index (χ0) is 10.9. The third kappa shape index (κ3) is 1.51. The predicted octanol–water partition coefficient (Wildman–Crippen LogP) is 1.67. The van der Waals surface area contributed by atoms with E-state index in [4.69, 9.17) is 5.11 Å². The van der Waals surface area contributed by atoms with Crippen LogP contribution in [-0.2, 0) is 6.42 Å². The van der Waals surface area contributed by atoms with E-state index in [1.54, 1.807) is 6.92 Å². The van der Waals surface area contributed by atoms with Gasteiger partial charge in [0.25, 0.3) is 0 Å². The van der Waals surface area contributed by atoms with Crippen LogP contribution in [0.1, 0.15) is 28.4 Å². The lowest BCUT2D eigenvalue weighted by Gasteiger charge is -2.10. The molecule has 0 saturated heterocycles. The normalized spacial score (nSPS) is 10.1. The van der Waals surface area contributed by atoms with E-state index in [0.29, 0.717) is 12.0 Å². The summed E-state index contributed by atoms with van der Waals surface area (Å²) >= 11 is 0. The lowest BCUT2D eigenvalue weighted by molar-refractivity contribution is 0.0692. The first kappa shape index (κ1) is 10.4. The van der Waals surface area contributed by atoms with Crippen LogP contribution in [0.3, 0.4) is 0 Å². The van der Waals surface area contributed by atoms with Crippen molar-refractivity contribution in [3.05, 3.63) is 22.8 Å². The van der Waals surface area contributed by atoms with Gasteiger partial charge in [0, 0.05) is 5.56 Å². The fourth-order valence-corrected chi connectivity index (χ4v) is 1.32. The maximum atomic E-state index is 10.8. The fourth-order valence-electron chi connectivity index (χ4n) is 1.32. The molecule has 14 heavy (non-hydrogen) atoms. The first-order valence-corrected chi connectivity index (χ1v) is 4.26. The van der Waals surface area contributed by atoms with E-state index in [9.17, 15) is 15.0 Å². The van der Waals surface area contributed by atoms with Crippen LogP contribution in [0, 0.1) is 6.92 Å². The summed E-state index contributed by atoms with van der Waals surface area (Å²) in [4.78, 5) is 10.8. The van der Waals surface area contributed by atoms with Crippen molar-refractivity contribution < 1.29 is 20.1 Å². The van der Waals surface area contributed by atoms with Crippen molar-refractivity contribution in [2.45, 2.75) is 20.3 Å². The Labute approximate surface area is 81.4 Å². The highest BCUT2D eigenvalue weighted by atomic mass is 16.4. The molecule has 0 atom stereocenters. The molecule has 4 nitrogen and oxygen atoms in total. The van der Waals surface area contributed by atoms with Gasteiger partial charge >= 0.3 is 5.97 Å². The van der Waals surface area contributed by atoms with Crippen LogP contribution >= 0.6 is 0 Å². The first-order chi connectivity index (χ1) is 6.49. The summed E-state index contributed by atoms with van der Waals surface area (Å²) in [5, 5.41) is 27.7. The van der Waals surface area contributed by atoms with Gasteiger partial charge in [0.05, 0.1) is 0 Å². The van der Waals surface area contributed by atoms with Crippen LogP contribution in [0.4, 0.5) is 0 Å². The van der Waals surface area contributed by atoms with Gasteiger partial charge in [-0.05, 0) is 25.0 Å². The van der Waals surface area contributed by atoms with Crippen molar-refractivity contribution >= 4 is 5.97 Å². The molecule has 1 rings (SSSR count). The molecule has 0 unspecified atom stereocenters. The second kappa shape index (κ2) is 3.57. The minimum Gasteiger partial charge on any atom is -0.508 e. The molecule has 0 aliphatic heterocycles. The van der Waals surface area contributed by atoms with Gasteiger partial charge in [-0.3, -0.25) is 0 Å². The molecular formula is C10H12O4. The van der Waals surface area contributed by atoms with E-state index in [1.807, 2.05) is 0 Å². The van der Waals surface area contributed by atoms with Gasteiger partial charge in [0.15, 0.2) is 0 Å². The SMILES string of the molecule is CCc1cc(O)c(C)c(O)c1C(=O)O. The van der Waals surface area contributed by atoms with Gasteiger partial charge in [-0.15, -0.1) is 0 Å². The minimum atomic E-state index is -1.18. The molecule has 0 fully saturated rings. The highest BCUT2D eigenvalue weighted by molar-refractivity contribution is 5.93. The number of rotatable bonds is 2.